The fourth-order valence-electron chi connectivity index (χ4n) is 3.45. The smallest absolute Gasteiger partial charge is 0.138 e. The highest BCUT2D eigenvalue weighted by Crippen LogP contribution is 2.28. The van der Waals surface area contributed by atoms with Gasteiger partial charge in [0.15, 0.2) is 0 Å². The van der Waals surface area contributed by atoms with Crippen LogP contribution in [0.2, 0.25) is 0 Å². The molecule has 3 aromatic carbocycles. The molecule has 0 aliphatic rings. The van der Waals surface area contributed by atoms with Gasteiger partial charge in [-0.05, 0) is 42.3 Å². The largest absolute Gasteiger partial charge is 0.342 e. The van der Waals surface area contributed by atoms with Crippen LogP contribution < -0.4 is 0 Å². The molecule has 4 nitrogen and oxygen atoms in total. The zero-order valence-electron chi connectivity index (χ0n) is 15.4. The topological polar surface area (TPSA) is 57.4 Å². The Morgan fingerprint density at radius 2 is 1.30 bits per heavy atom. The molecular formula is C23H20N4. The van der Waals surface area contributed by atoms with Crippen molar-refractivity contribution in [3.63, 3.8) is 0 Å². The molecule has 132 valence electrons. The quantitative estimate of drug-likeness (QED) is 0.441. The van der Waals surface area contributed by atoms with Crippen molar-refractivity contribution in [3.05, 3.63) is 72.1 Å². The summed E-state index contributed by atoms with van der Waals surface area (Å²) in [6.45, 7) is 4.20. The van der Waals surface area contributed by atoms with Gasteiger partial charge in [-0.2, -0.15) is 0 Å². The maximum Gasteiger partial charge on any atom is 0.138 e. The van der Waals surface area contributed by atoms with Crippen molar-refractivity contribution in [1.82, 2.24) is 19.9 Å². The van der Waals surface area contributed by atoms with Crippen molar-refractivity contribution in [3.8, 4) is 22.5 Å². The second kappa shape index (κ2) is 6.09. The highest BCUT2D eigenvalue weighted by Gasteiger charge is 2.08. The van der Waals surface area contributed by atoms with Gasteiger partial charge in [-0.1, -0.05) is 48.9 Å². The standard InChI is InChI=1S/C23H20N4/c1-3-22-24-18-10-8-16(12-20(18)25-22)17-9-11-19-21(13-17)27-23(26-19)15-6-4-14(2)5-7-15/h4-13H,3H2,1-2H3,(H,24,25)(H,26,27). The lowest BCUT2D eigenvalue weighted by atomic mass is 10.0. The molecular weight excluding hydrogens is 332 g/mol. The molecule has 2 N–H and O–H groups in total. The summed E-state index contributed by atoms with van der Waals surface area (Å²) in [6.07, 6.45) is 0.909. The third-order valence-electron chi connectivity index (χ3n) is 5.01. The van der Waals surface area contributed by atoms with E-state index in [0.717, 1.165) is 51.3 Å². The molecule has 0 aliphatic heterocycles. The summed E-state index contributed by atoms with van der Waals surface area (Å²) < 4.78 is 0. The van der Waals surface area contributed by atoms with Gasteiger partial charge in [-0.15, -0.1) is 0 Å². The van der Waals surface area contributed by atoms with Gasteiger partial charge in [-0.3, -0.25) is 0 Å². The average molecular weight is 352 g/mol. The number of aryl methyl sites for hydroxylation is 2. The van der Waals surface area contributed by atoms with E-state index in [9.17, 15) is 0 Å². The van der Waals surface area contributed by atoms with E-state index in [1.54, 1.807) is 0 Å². The van der Waals surface area contributed by atoms with Crippen molar-refractivity contribution < 1.29 is 0 Å². The van der Waals surface area contributed by atoms with Gasteiger partial charge in [-0.25, -0.2) is 9.97 Å². The van der Waals surface area contributed by atoms with E-state index in [1.165, 1.54) is 11.1 Å². The molecule has 0 bridgehead atoms. The molecule has 0 aliphatic carbocycles. The number of imidazole rings is 2. The number of rotatable bonds is 3. The predicted octanol–water partition coefficient (Wildman–Crippen LogP) is 5.64. The van der Waals surface area contributed by atoms with Gasteiger partial charge in [0.1, 0.15) is 11.6 Å². The molecule has 5 aromatic rings. The lowest BCUT2D eigenvalue weighted by Crippen LogP contribution is -1.80. The molecule has 4 heteroatoms. The monoisotopic (exact) mass is 352 g/mol. The number of hydrogen-bond donors (Lipinski definition) is 2. The number of aromatic amines is 2. The van der Waals surface area contributed by atoms with Crippen LogP contribution >= 0.6 is 0 Å². The first-order valence-electron chi connectivity index (χ1n) is 9.25. The minimum Gasteiger partial charge on any atom is -0.342 e. The molecule has 2 aromatic heterocycles. The third-order valence-corrected chi connectivity index (χ3v) is 5.01. The van der Waals surface area contributed by atoms with Gasteiger partial charge in [0.25, 0.3) is 0 Å². The summed E-state index contributed by atoms with van der Waals surface area (Å²) in [5.41, 5.74) is 8.79. The van der Waals surface area contributed by atoms with E-state index in [0.29, 0.717) is 0 Å². The Hall–Kier alpha value is -3.40. The van der Waals surface area contributed by atoms with Crippen LogP contribution in [0.4, 0.5) is 0 Å². The number of H-pyrrole nitrogens is 2. The molecule has 0 saturated heterocycles. The second-order valence-corrected chi connectivity index (χ2v) is 6.95. The highest BCUT2D eigenvalue weighted by molar-refractivity contribution is 5.87. The molecule has 0 atom stereocenters. The zero-order valence-corrected chi connectivity index (χ0v) is 15.4. The molecule has 0 amide bonds. The maximum absolute atomic E-state index is 4.74. The van der Waals surface area contributed by atoms with E-state index < -0.39 is 0 Å². The Morgan fingerprint density at radius 3 is 1.96 bits per heavy atom. The van der Waals surface area contributed by atoms with Crippen molar-refractivity contribution in [1.29, 1.82) is 0 Å². The Labute approximate surface area is 157 Å². The molecule has 0 radical (unpaired) electrons. The SMILES string of the molecule is CCc1nc2ccc(-c3ccc4nc(-c5ccc(C)cc5)[nH]c4c3)cc2[nH]1. The number of fused-ring (bicyclic) bond motifs is 2. The number of nitrogens with one attached hydrogen (secondary N) is 2. The highest BCUT2D eigenvalue weighted by atomic mass is 14.9. The molecule has 27 heavy (non-hydrogen) atoms. The summed E-state index contributed by atoms with van der Waals surface area (Å²) in [4.78, 5) is 16.2. The summed E-state index contributed by atoms with van der Waals surface area (Å²) in [5, 5.41) is 0. The van der Waals surface area contributed by atoms with E-state index in [1.807, 2.05) is 0 Å². The van der Waals surface area contributed by atoms with Gasteiger partial charge in [0.2, 0.25) is 0 Å². The maximum atomic E-state index is 4.74. The fourth-order valence-corrected chi connectivity index (χ4v) is 3.45. The van der Waals surface area contributed by atoms with Crippen molar-refractivity contribution in [2.24, 2.45) is 0 Å². The second-order valence-electron chi connectivity index (χ2n) is 6.95. The Kier molecular flexibility index (Phi) is 3.57. The van der Waals surface area contributed by atoms with Crippen LogP contribution in [0, 0.1) is 6.92 Å². The van der Waals surface area contributed by atoms with Crippen LogP contribution in [0.1, 0.15) is 18.3 Å². The van der Waals surface area contributed by atoms with Crippen LogP contribution in [-0.4, -0.2) is 19.9 Å². The Bertz CT molecular complexity index is 1260. The summed E-state index contributed by atoms with van der Waals surface area (Å²) in [6, 6.07) is 21.2. The lowest BCUT2D eigenvalue weighted by molar-refractivity contribution is 1.00. The normalized spacial score (nSPS) is 11.5. The average Bonchev–Trinajstić information content (AvgIpc) is 3.30. The molecule has 5 rings (SSSR count). The van der Waals surface area contributed by atoms with Crippen LogP contribution in [0.15, 0.2) is 60.7 Å². The predicted molar refractivity (Wildman–Crippen MR) is 111 cm³/mol. The number of benzene rings is 3. The van der Waals surface area contributed by atoms with Crippen molar-refractivity contribution in [2.75, 3.05) is 0 Å². The van der Waals surface area contributed by atoms with E-state index in [4.69, 9.17) is 4.98 Å². The Morgan fingerprint density at radius 1 is 0.704 bits per heavy atom. The number of aromatic nitrogens is 4. The van der Waals surface area contributed by atoms with Crippen molar-refractivity contribution in [2.45, 2.75) is 20.3 Å². The molecule has 0 spiro atoms. The number of nitrogens with zero attached hydrogens (tertiary/aromatic N) is 2. The van der Waals surface area contributed by atoms with Gasteiger partial charge in [0.05, 0.1) is 22.1 Å². The zero-order chi connectivity index (χ0) is 18.4. The number of hydrogen-bond acceptors (Lipinski definition) is 2. The van der Waals surface area contributed by atoms with E-state index in [2.05, 4.69) is 89.5 Å². The van der Waals surface area contributed by atoms with E-state index >= 15 is 0 Å². The van der Waals surface area contributed by atoms with Crippen LogP contribution in [0.5, 0.6) is 0 Å². The summed E-state index contributed by atoms with van der Waals surface area (Å²) in [5.74, 6) is 1.92. The fraction of sp³-hybridized carbons (Fsp3) is 0.130. The molecule has 0 unspecified atom stereocenters. The Balaban J connectivity index is 1.57. The van der Waals surface area contributed by atoms with Crippen molar-refractivity contribution >= 4 is 22.1 Å². The first kappa shape index (κ1) is 15.8. The van der Waals surface area contributed by atoms with Gasteiger partial charge < -0.3 is 9.97 Å². The summed E-state index contributed by atoms with van der Waals surface area (Å²) in [7, 11) is 0. The first-order chi connectivity index (χ1) is 13.2. The third kappa shape index (κ3) is 2.79. The lowest BCUT2D eigenvalue weighted by Gasteiger charge is -2.01. The van der Waals surface area contributed by atoms with Crippen LogP contribution in [-0.2, 0) is 6.42 Å². The molecule has 0 saturated carbocycles. The van der Waals surface area contributed by atoms with Gasteiger partial charge >= 0.3 is 0 Å². The minimum atomic E-state index is 0.902. The van der Waals surface area contributed by atoms with E-state index in [-0.39, 0.29) is 0 Å². The van der Waals surface area contributed by atoms with Crippen LogP contribution in [0.25, 0.3) is 44.6 Å². The molecule has 2 heterocycles. The molecule has 0 fully saturated rings. The van der Waals surface area contributed by atoms with Gasteiger partial charge in [0, 0.05) is 12.0 Å². The first-order valence-corrected chi connectivity index (χ1v) is 9.25. The minimum absolute atomic E-state index is 0.902. The van der Waals surface area contributed by atoms with Crippen LogP contribution in [0.3, 0.4) is 0 Å². The summed E-state index contributed by atoms with van der Waals surface area (Å²) >= 11 is 0.